The maximum absolute atomic E-state index is 6.38. The predicted octanol–water partition coefficient (Wildman–Crippen LogP) is 3.74. The normalized spacial score (nSPS) is 38.2. The Kier molecular flexibility index (Phi) is 2.72. The molecule has 2 atom stereocenters. The minimum absolute atomic E-state index is 0.394. The Hall–Kier alpha value is 0.250. The molecule has 0 radical (unpaired) electrons. The van der Waals surface area contributed by atoms with Crippen LogP contribution in [0.4, 0.5) is 0 Å². The van der Waals surface area contributed by atoms with Gasteiger partial charge in [-0.1, -0.05) is 25.7 Å². The SMILES string of the molecule is ClC1CC(OCCC2CC2)C12CCCC2. The summed E-state index contributed by atoms with van der Waals surface area (Å²) in [4.78, 5) is 0. The molecule has 0 aromatic rings. The van der Waals surface area contributed by atoms with Crippen molar-refractivity contribution in [3.63, 3.8) is 0 Å². The van der Waals surface area contributed by atoms with Crippen molar-refractivity contribution in [3.8, 4) is 0 Å². The first-order chi connectivity index (χ1) is 7.31. The van der Waals surface area contributed by atoms with Gasteiger partial charge in [0.15, 0.2) is 0 Å². The second-order valence-corrected chi connectivity index (χ2v) is 6.26. The lowest BCUT2D eigenvalue weighted by molar-refractivity contribution is -0.105. The van der Waals surface area contributed by atoms with E-state index in [1.54, 1.807) is 0 Å². The number of hydrogen-bond donors (Lipinski definition) is 0. The van der Waals surface area contributed by atoms with Gasteiger partial charge in [-0.15, -0.1) is 11.6 Å². The van der Waals surface area contributed by atoms with Crippen molar-refractivity contribution < 1.29 is 4.74 Å². The maximum atomic E-state index is 6.38. The fourth-order valence-electron chi connectivity index (χ4n) is 3.38. The molecular formula is C13H21ClO. The van der Waals surface area contributed by atoms with Gasteiger partial charge in [0, 0.05) is 17.4 Å². The van der Waals surface area contributed by atoms with Gasteiger partial charge in [-0.25, -0.2) is 0 Å². The highest BCUT2D eigenvalue weighted by Gasteiger charge is 2.55. The molecule has 3 saturated carbocycles. The molecule has 0 amide bonds. The van der Waals surface area contributed by atoms with Crippen molar-refractivity contribution in [1.82, 2.24) is 0 Å². The van der Waals surface area contributed by atoms with Crippen LogP contribution in [0.15, 0.2) is 0 Å². The summed E-state index contributed by atoms with van der Waals surface area (Å²) in [6, 6.07) is 0. The first-order valence-corrected chi connectivity index (χ1v) is 7.00. The third-order valence-corrected chi connectivity index (χ3v) is 5.38. The van der Waals surface area contributed by atoms with Gasteiger partial charge in [-0.3, -0.25) is 0 Å². The molecule has 1 spiro atoms. The summed E-state index contributed by atoms with van der Waals surface area (Å²) < 4.78 is 6.05. The van der Waals surface area contributed by atoms with Crippen molar-refractivity contribution in [1.29, 1.82) is 0 Å². The van der Waals surface area contributed by atoms with Crippen LogP contribution in [0.5, 0.6) is 0 Å². The average Bonchev–Trinajstić information content (AvgIpc) is 2.90. The number of alkyl halides is 1. The van der Waals surface area contributed by atoms with Gasteiger partial charge in [0.05, 0.1) is 6.10 Å². The van der Waals surface area contributed by atoms with Crippen LogP contribution in [0.25, 0.3) is 0 Å². The Morgan fingerprint density at radius 2 is 1.93 bits per heavy atom. The molecule has 2 unspecified atom stereocenters. The van der Waals surface area contributed by atoms with Crippen molar-refractivity contribution in [2.45, 2.75) is 62.8 Å². The largest absolute Gasteiger partial charge is 0.378 e. The van der Waals surface area contributed by atoms with Crippen LogP contribution in [-0.4, -0.2) is 18.1 Å². The van der Waals surface area contributed by atoms with Crippen molar-refractivity contribution >= 4 is 11.6 Å². The summed E-state index contributed by atoms with van der Waals surface area (Å²) in [5.74, 6) is 0.997. The molecule has 3 rings (SSSR count). The van der Waals surface area contributed by atoms with Crippen LogP contribution in [0.1, 0.15) is 51.4 Å². The van der Waals surface area contributed by atoms with Gasteiger partial charge >= 0.3 is 0 Å². The lowest BCUT2D eigenvalue weighted by Gasteiger charge is -2.51. The quantitative estimate of drug-likeness (QED) is 0.666. The fraction of sp³-hybridized carbons (Fsp3) is 1.00. The molecule has 15 heavy (non-hydrogen) atoms. The van der Waals surface area contributed by atoms with Crippen molar-refractivity contribution in [3.05, 3.63) is 0 Å². The second kappa shape index (κ2) is 3.92. The molecule has 0 heterocycles. The molecule has 1 nitrogen and oxygen atoms in total. The molecule has 2 heteroatoms. The first-order valence-electron chi connectivity index (χ1n) is 6.57. The van der Waals surface area contributed by atoms with Gasteiger partial charge in [0.2, 0.25) is 0 Å². The number of hydrogen-bond acceptors (Lipinski definition) is 1. The van der Waals surface area contributed by atoms with Crippen LogP contribution in [-0.2, 0) is 4.74 Å². The molecule has 0 aliphatic heterocycles. The summed E-state index contributed by atoms with van der Waals surface area (Å²) in [6.07, 6.45) is 11.1. The molecule has 0 N–H and O–H groups in total. The summed E-state index contributed by atoms with van der Waals surface area (Å²) in [5, 5.41) is 0.408. The lowest BCUT2D eigenvalue weighted by atomic mass is 9.64. The summed E-state index contributed by atoms with van der Waals surface area (Å²) >= 11 is 6.38. The maximum Gasteiger partial charge on any atom is 0.0659 e. The Balaban J connectivity index is 1.48. The molecule has 3 aliphatic rings. The van der Waals surface area contributed by atoms with E-state index in [-0.39, 0.29) is 0 Å². The summed E-state index contributed by atoms with van der Waals surface area (Å²) in [5.41, 5.74) is 0.394. The van der Waals surface area contributed by atoms with E-state index in [0.29, 0.717) is 16.9 Å². The highest BCUT2D eigenvalue weighted by molar-refractivity contribution is 6.21. The van der Waals surface area contributed by atoms with E-state index in [1.807, 2.05) is 0 Å². The standard InChI is InChI=1S/C13H21ClO/c14-11-9-12(13(11)6-1-2-7-13)15-8-5-10-3-4-10/h10-12H,1-9H2. The van der Waals surface area contributed by atoms with E-state index in [2.05, 4.69) is 0 Å². The summed E-state index contributed by atoms with van der Waals surface area (Å²) in [6.45, 7) is 0.987. The van der Waals surface area contributed by atoms with Crippen LogP contribution >= 0.6 is 11.6 Å². The molecule has 0 bridgehead atoms. The van der Waals surface area contributed by atoms with E-state index in [0.717, 1.165) is 18.9 Å². The average molecular weight is 229 g/mol. The second-order valence-electron chi connectivity index (χ2n) is 5.73. The van der Waals surface area contributed by atoms with Crippen molar-refractivity contribution in [2.75, 3.05) is 6.61 Å². The first kappa shape index (κ1) is 10.4. The zero-order valence-electron chi connectivity index (χ0n) is 9.38. The zero-order chi connectivity index (χ0) is 10.3. The van der Waals surface area contributed by atoms with Gasteiger partial charge in [-0.05, 0) is 31.6 Å². The van der Waals surface area contributed by atoms with Gasteiger partial charge in [-0.2, -0.15) is 0 Å². The minimum Gasteiger partial charge on any atom is -0.378 e. The van der Waals surface area contributed by atoms with E-state index in [9.17, 15) is 0 Å². The van der Waals surface area contributed by atoms with Gasteiger partial charge in [0.25, 0.3) is 0 Å². The van der Waals surface area contributed by atoms with Gasteiger partial charge in [0.1, 0.15) is 0 Å². The summed E-state index contributed by atoms with van der Waals surface area (Å²) in [7, 11) is 0. The van der Waals surface area contributed by atoms with E-state index < -0.39 is 0 Å². The molecule has 86 valence electrons. The van der Waals surface area contributed by atoms with E-state index in [1.165, 1.54) is 44.9 Å². The Morgan fingerprint density at radius 1 is 1.20 bits per heavy atom. The van der Waals surface area contributed by atoms with Crippen LogP contribution in [0.2, 0.25) is 0 Å². The van der Waals surface area contributed by atoms with Gasteiger partial charge < -0.3 is 4.74 Å². The Bertz CT molecular complexity index is 231. The Morgan fingerprint density at radius 3 is 2.53 bits per heavy atom. The zero-order valence-corrected chi connectivity index (χ0v) is 10.1. The topological polar surface area (TPSA) is 9.23 Å². The highest BCUT2D eigenvalue weighted by atomic mass is 35.5. The molecule has 0 aromatic carbocycles. The number of ether oxygens (including phenoxy) is 1. The van der Waals surface area contributed by atoms with Crippen LogP contribution in [0.3, 0.4) is 0 Å². The van der Waals surface area contributed by atoms with Crippen molar-refractivity contribution in [2.24, 2.45) is 11.3 Å². The third-order valence-electron chi connectivity index (χ3n) is 4.76. The highest BCUT2D eigenvalue weighted by Crippen LogP contribution is 2.57. The molecular weight excluding hydrogens is 208 g/mol. The molecule has 3 aliphatic carbocycles. The molecule has 0 saturated heterocycles. The van der Waals surface area contributed by atoms with E-state index in [4.69, 9.17) is 16.3 Å². The smallest absolute Gasteiger partial charge is 0.0659 e. The lowest BCUT2D eigenvalue weighted by Crippen LogP contribution is -2.54. The fourth-order valence-corrected chi connectivity index (χ4v) is 3.91. The van der Waals surface area contributed by atoms with Crippen LogP contribution in [0, 0.1) is 11.3 Å². The molecule has 0 aromatic heterocycles. The Labute approximate surface area is 97.5 Å². The number of halogens is 1. The number of rotatable bonds is 4. The van der Waals surface area contributed by atoms with Crippen LogP contribution < -0.4 is 0 Å². The third kappa shape index (κ3) is 1.82. The monoisotopic (exact) mass is 228 g/mol. The van der Waals surface area contributed by atoms with E-state index >= 15 is 0 Å². The minimum atomic E-state index is 0.394. The predicted molar refractivity (Wildman–Crippen MR) is 62.2 cm³/mol. The molecule has 3 fully saturated rings.